The molecule has 3 heteroatoms. The molecule has 0 atom stereocenters. The first-order valence-electron chi connectivity index (χ1n) is 6.32. The van der Waals surface area contributed by atoms with Gasteiger partial charge in [0.25, 0.3) is 0 Å². The van der Waals surface area contributed by atoms with E-state index in [1.54, 1.807) is 7.11 Å². The molecule has 2 nitrogen and oxygen atoms in total. The first-order chi connectivity index (χ1) is 8.96. The summed E-state index contributed by atoms with van der Waals surface area (Å²) in [5, 5.41) is 0. The fraction of sp³-hybridized carbons (Fsp3) is 0.500. The summed E-state index contributed by atoms with van der Waals surface area (Å²) in [5.74, 6) is 7.69. The Morgan fingerprint density at radius 3 is 2.58 bits per heavy atom. The molecule has 0 spiro atoms. The van der Waals surface area contributed by atoms with E-state index in [0.29, 0.717) is 12.5 Å². The number of methoxy groups -OCH3 is 1. The molecular formula is C16H21ClO2. The number of hydrogen-bond acceptors (Lipinski definition) is 2. The minimum atomic E-state index is 0.258. The van der Waals surface area contributed by atoms with Crippen molar-refractivity contribution in [3.8, 4) is 23.3 Å². The van der Waals surface area contributed by atoms with Crippen LogP contribution >= 0.6 is 11.6 Å². The van der Waals surface area contributed by atoms with Gasteiger partial charge in [0.2, 0.25) is 0 Å². The molecule has 19 heavy (non-hydrogen) atoms. The maximum absolute atomic E-state index is 5.81. The van der Waals surface area contributed by atoms with Gasteiger partial charge in [0.05, 0.1) is 25.2 Å². The molecule has 0 aromatic heterocycles. The maximum atomic E-state index is 5.81. The lowest BCUT2D eigenvalue weighted by molar-refractivity contribution is 0.242. The van der Waals surface area contributed by atoms with E-state index in [4.69, 9.17) is 21.1 Å². The molecule has 0 bridgehead atoms. The Labute approximate surface area is 121 Å². The Morgan fingerprint density at radius 1 is 1.26 bits per heavy atom. The van der Waals surface area contributed by atoms with E-state index < -0.39 is 0 Å². The van der Waals surface area contributed by atoms with Gasteiger partial charge in [-0.3, -0.25) is 0 Å². The predicted molar refractivity (Wildman–Crippen MR) is 80.2 cm³/mol. The number of rotatable bonds is 4. The van der Waals surface area contributed by atoms with Gasteiger partial charge in [-0.2, -0.15) is 0 Å². The highest BCUT2D eigenvalue weighted by Gasteiger charge is 2.11. The van der Waals surface area contributed by atoms with E-state index in [0.717, 1.165) is 23.5 Å². The van der Waals surface area contributed by atoms with Crippen LogP contribution in [-0.2, 0) is 0 Å². The standard InChI is InChI=1S/C16H21ClO2/c1-16(2,3)9-11-19-15-8-7-14(18-4)12-13(15)6-5-10-17/h7-8,12H,9-11H2,1-4H3. The Hall–Kier alpha value is -1.33. The molecule has 0 unspecified atom stereocenters. The lowest BCUT2D eigenvalue weighted by Gasteiger charge is -2.18. The van der Waals surface area contributed by atoms with Crippen LogP contribution in [0.2, 0.25) is 0 Å². The van der Waals surface area contributed by atoms with Crippen LogP contribution in [0, 0.1) is 17.3 Å². The van der Waals surface area contributed by atoms with Gasteiger partial charge < -0.3 is 9.47 Å². The first-order valence-corrected chi connectivity index (χ1v) is 6.85. The van der Waals surface area contributed by atoms with Gasteiger partial charge in [0.15, 0.2) is 0 Å². The molecule has 0 amide bonds. The molecule has 0 radical (unpaired) electrons. The molecule has 0 aliphatic heterocycles. The molecule has 1 aromatic rings. The third kappa shape index (κ3) is 5.89. The summed E-state index contributed by atoms with van der Waals surface area (Å²) in [5.41, 5.74) is 1.07. The second kappa shape index (κ2) is 7.31. The average Bonchev–Trinajstić information content (AvgIpc) is 2.35. The van der Waals surface area contributed by atoms with Crippen LogP contribution in [0.15, 0.2) is 18.2 Å². The van der Waals surface area contributed by atoms with Crippen molar-refractivity contribution in [2.75, 3.05) is 19.6 Å². The Bertz CT molecular complexity index is 464. The summed E-state index contributed by atoms with van der Waals surface area (Å²) >= 11 is 5.60. The maximum Gasteiger partial charge on any atom is 0.135 e. The molecule has 0 fully saturated rings. The number of benzene rings is 1. The lowest BCUT2D eigenvalue weighted by atomic mass is 9.93. The van der Waals surface area contributed by atoms with Crippen LogP contribution < -0.4 is 9.47 Å². The molecule has 104 valence electrons. The number of hydrogen-bond donors (Lipinski definition) is 0. The van der Waals surface area contributed by atoms with Gasteiger partial charge >= 0.3 is 0 Å². The van der Waals surface area contributed by atoms with E-state index >= 15 is 0 Å². The number of ether oxygens (including phenoxy) is 2. The Kier molecular flexibility index (Phi) is 6.05. The summed E-state index contributed by atoms with van der Waals surface area (Å²) in [4.78, 5) is 0. The summed E-state index contributed by atoms with van der Waals surface area (Å²) in [6.07, 6.45) is 0.988. The molecule has 0 saturated carbocycles. The third-order valence-corrected chi connectivity index (χ3v) is 2.72. The first kappa shape index (κ1) is 15.7. The minimum Gasteiger partial charge on any atom is -0.497 e. The zero-order chi connectivity index (χ0) is 14.3. The smallest absolute Gasteiger partial charge is 0.135 e. The second-order valence-corrected chi connectivity index (χ2v) is 5.72. The molecule has 0 heterocycles. The van der Waals surface area contributed by atoms with Crippen molar-refractivity contribution < 1.29 is 9.47 Å². The summed E-state index contributed by atoms with van der Waals surface area (Å²) in [6.45, 7) is 7.25. The molecular weight excluding hydrogens is 260 g/mol. The van der Waals surface area contributed by atoms with Crippen molar-refractivity contribution in [1.29, 1.82) is 0 Å². The van der Waals surface area contributed by atoms with E-state index in [2.05, 4.69) is 32.6 Å². The summed E-state index contributed by atoms with van der Waals surface area (Å²) in [6, 6.07) is 5.63. The zero-order valence-electron chi connectivity index (χ0n) is 12.0. The molecule has 0 aliphatic rings. The van der Waals surface area contributed by atoms with E-state index in [-0.39, 0.29) is 5.41 Å². The average molecular weight is 281 g/mol. The van der Waals surface area contributed by atoms with Crippen molar-refractivity contribution in [3.63, 3.8) is 0 Å². The van der Waals surface area contributed by atoms with Gasteiger partial charge in [0.1, 0.15) is 11.5 Å². The highest BCUT2D eigenvalue weighted by Crippen LogP contribution is 2.25. The number of halogens is 1. The van der Waals surface area contributed by atoms with Crippen LogP contribution in [0.25, 0.3) is 0 Å². The highest BCUT2D eigenvalue weighted by atomic mass is 35.5. The SMILES string of the molecule is COc1ccc(OCCC(C)(C)C)c(C#CCCl)c1. The van der Waals surface area contributed by atoms with E-state index in [1.807, 2.05) is 18.2 Å². The van der Waals surface area contributed by atoms with Crippen LogP contribution in [0.3, 0.4) is 0 Å². The van der Waals surface area contributed by atoms with Gasteiger partial charge in [-0.25, -0.2) is 0 Å². The fourth-order valence-corrected chi connectivity index (χ4v) is 1.52. The summed E-state index contributed by atoms with van der Waals surface area (Å²) < 4.78 is 11.0. The Morgan fingerprint density at radius 2 is 2.00 bits per heavy atom. The van der Waals surface area contributed by atoms with Crippen LogP contribution in [0.1, 0.15) is 32.8 Å². The normalized spacial score (nSPS) is 10.6. The van der Waals surface area contributed by atoms with Crippen molar-refractivity contribution in [1.82, 2.24) is 0 Å². The lowest BCUT2D eigenvalue weighted by Crippen LogP contribution is -2.11. The third-order valence-electron chi connectivity index (χ3n) is 2.59. The van der Waals surface area contributed by atoms with E-state index in [1.165, 1.54) is 0 Å². The molecule has 0 N–H and O–H groups in total. The fourth-order valence-electron chi connectivity index (χ4n) is 1.46. The van der Waals surface area contributed by atoms with Crippen molar-refractivity contribution in [3.05, 3.63) is 23.8 Å². The van der Waals surface area contributed by atoms with Crippen LogP contribution in [0.4, 0.5) is 0 Å². The quantitative estimate of drug-likeness (QED) is 0.611. The monoisotopic (exact) mass is 280 g/mol. The second-order valence-electron chi connectivity index (χ2n) is 5.46. The molecule has 1 rings (SSSR count). The van der Waals surface area contributed by atoms with Crippen LogP contribution in [0.5, 0.6) is 11.5 Å². The molecule has 1 aromatic carbocycles. The topological polar surface area (TPSA) is 18.5 Å². The zero-order valence-corrected chi connectivity index (χ0v) is 12.8. The predicted octanol–water partition coefficient (Wildman–Crippen LogP) is 4.10. The van der Waals surface area contributed by atoms with Gasteiger partial charge in [-0.1, -0.05) is 32.6 Å². The number of alkyl halides is 1. The molecule has 0 saturated heterocycles. The van der Waals surface area contributed by atoms with Crippen LogP contribution in [-0.4, -0.2) is 19.6 Å². The van der Waals surface area contributed by atoms with Crippen molar-refractivity contribution >= 4 is 11.6 Å². The van der Waals surface area contributed by atoms with E-state index in [9.17, 15) is 0 Å². The van der Waals surface area contributed by atoms with Crippen molar-refractivity contribution in [2.45, 2.75) is 27.2 Å². The highest BCUT2D eigenvalue weighted by molar-refractivity contribution is 6.19. The molecule has 0 aliphatic carbocycles. The van der Waals surface area contributed by atoms with Gasteiger partial charge in [-0.15, -0.1) is 11.6 Å². The Balaban J connectivity index is 2.81. The van der Waals surface area contributed by atoms with Crippen molar-refractivity contribution in [2.24, 2.45) is 5.41 Å². The minimum absolute atomic E-state index is 0.258. The summed E-state index contributed by atoms with van der Waals surface area (Å²) in [7, 11) is 1.63. The van der Waals surface area contributed by atoms with Gasteiger partial charge in [0, 0.05) is 0 Å². The van der Waals surface area contributed by atoms with Gasteiger partial charge in [-0.05, 0) is 30.0 Å². The largest absolute Gasteiger partial charge is 0.497 e.